The van der Waals surface area contributed by atoms with E-state index in [-0.39, 0.29) is 11.8 Å². The van der Waals surface area contributed by atoms with Gasteiger partial charge in [-0.15, -0.1) is 0 Å². The lowest BCUT2D eigenvalue weighted by molar-refractivity contribution is -0.661. The van der Waals surface area contributed by atoms with Crippen molar-refractivity contribution in [3.8, 4) is 22.5 Å². The van der Waals surface area contributed by atoms with E-state index in [1.807, 2.05) is 76.6 Å². The molecule has 0 radical (unpaired) electrons. The largest absolute Gasteiger partial charge is 0.212 e. The van der Waals surface area contributed by atoms with Gasteiger partial charge in [-0.1, -0.05) is 77.9 Å². The third-order valence-electron chi connectivity index (χ3n) is 7.22. The van der Waals surface area contributed by atoms with Crippen molar-refractivity contribution in [2.24, 2.45) is 31.8 Å². The second kappa shape index (κ2) is 14.6. The van der Waals surface area contributed by atoms with E-state index >= 15 is 0 Å². The lowest BCUT2D eigenvalue weighted by Crippen LogP contribution is -2.32. The van der Waals surface area contributed by atoms with Crippen LogP contribution in [0.3, 0.4) is 0 Å². The number of nitrogens with zero attached hydrogens (tertiary/aromatic N) is 2. The van der Waals surface area contributed by atoms with Crippen LogP contribution < -0.4 is 9.13 Å². The SMILES string of the molecule is Cc1cc(-c2ccccc2C)[n+](C)cc1CC(C)C.[2H]C([2H])(c1cc(-c2ccccc2C)[n+](C)cc1C([2H])([2H])C(C)C)C(C)C. The Kier molecular flexibility index (Phi) is 9.47. The second-order valence-corrected chi connectivity index (χ2v) is 12.4. The van der Waals surface area contributed by atoms with Crippen LogP contribution in [0.25, 0.3) is 22.5 Å². The van der Waals surface area contributed by atoms with E-state index in [0.717, 1.165) is 23.2 Å². The first-order valence-electron chi connectivity index (χ1n) is 17.0. The van der Waals surface area contributed by atoms with Crippen LogP contribution in [0.5, 0.6) is 0 Å². The minimum Gasteiger partial charge on any atom is -0.201 e. The lowest BCUT2D eigenvalue weighted by Gasteiger charge is -2.14. The van der Waals surface area contributed by atoms with Gasteiger partial charge in [-0.2, -0.15) is 0 Å². The fourth-order valence-corrected chi connectivity index (χ4v) is 5.22. The molecule has 4 rings (SSSR count). The van der Waals surface area contributed by atoms with Crippen LogP contribution >= 0.6 is 0 Å². The van der Waals surface area contributed by atoms with Gasteiger partial charge in [0.05, 0.1) is 0 Å². The van der Waals surface area contributed by atoms with Crippen LogP contribution in [0.2, 0.25) is 0 Å². The van der Waals surface area contributed by atoms with Crippen LogP contribution in [0, 0.1) is 38.5 Å². The molecule has 0 atom stereocenters. The van der Waals surface area contributed by atoms with Crippen LogP contribution in [-0.4, -0.2) is 0 Å². The van der Waals surface area contributed by atoms with Crippen molar-refractivity contribution < 1.29 is 14.6 Å². The highest BCUT2D eigenvalue weighted by molar-refractivity contribution is 5.62. The highest BCUT2D eigenvalue weighted by atomic mass is 14.9. The van der Waals surface area contributed by atoms with Crippen LogP contribution in [-0.2, 0) is 33.3 Å². The van der Waals surface area contributed by atoms with Gasteiger partial charge in [-0.25, -0.2) is 9.13 Å². The molecule has 0 unspecified atom stereocenters. The van der Waals surface area contributed by atoms with Gasteiger partial charge in [0, 0.05) is 39.9 Å². The van der Waals surface area contributed by atoms with Crippen molar-refractivity contribution in [2.45, 2.75) is 81.5 Å². The summed E-state index contributed by atoms with van der Waals surface area (Å²) < 4.78 is 38.7. The average Bonchev–Trinajstić information content (AvgIpc) is 2.95. The number of benzene rings is 2. The van der Waals surface area contributed by atoms with Gasteiger partial charge in [-0.05, 0) is 92.1 Å². The maximum atomic E-state index is 8.66. The molecule has 2 nitrogen and oxygen atoms in total. The molecule has 2 aromatic heterocycles. The van der Waals surface area contributed by atoms with Crippen molar-refractivity contribution >= 4 is 0 Å². The Labute approximate surface area is 256 Å². The Morgan fingerprint density at radius 3 is 1.46 bits per heavy atom. The van der Waals surface area contributed by atoms with Gasteiger partial charge in [-0.3, -0.25) is 0 Å². The van der Waals surface area contributed by atoms with Crippen LogP contribution in [0.15, 0.2) is 73.1 Å². The molecule has 2 heterocycles. The van der Waals surface area contributed by atoms with Crippen LogP contribution in [0.1, 0.15) is 80.4 Å². The minimum absolute atomic E-state index is 0.256. The number of hydrogen-bond acceptors (Lipinski definition) is 0. The average molecular weight is 555 g/mol. The summed E-state index contributed by atoms with van der Waals surface area (Å²) in [6.07, 6.45) is 1.98. The molecule has 2 heteroatoms. The summed E-state index contributed by atoms with van der Waals surface area (Å²) in [6, 6.07) is 20.8. The standard InChI is InChI=1S/C21H30N.C18H24N/c1-15(2)11-18-13-21(20-10-8-7-9-17(20)5)22(6)14-19(18)12-16(3)4;1-13(2)10-16-12-19(5)18(11-15(16)4)17-9-7-6-8-14(17)3/h7-10,13-16H,11-12H2,1-6H3;6-9,11-13H,10H2,1-5H3/q2*+1/i11D2,12D2;. The maximum absolute atomic E-state index is 8.66. The molecule has 0 saturated carbocycles. The van der Waals surface area contributed by atoms with Gasteiger partial charge in [0.1, 0.15) is 14.1 Å². The Morgan fingerprint density at radius 1 is 0.561 bits per heavy atom. The highest BCUT2D eigenvalue weighted by Gasteiger charge is 2.19. The zero-order chi connectivity index (χ0) is 33.9. The van der Waals surface area contributed by atoms with Crippen molar-refractivity contribution in [2.75, 3.05) is 0 Å². The van der Waals surface area contributed by atoms with Gasteiger partial charge >= 0.3 is 0 Å². The number of aryl methyl sites for hydroxylation is 5. The molecule has 0 fully saturated rings. The molecule has 0 bridgehead atoms. The normalized spacial score (nSPS) is 13.4. The van der Waals surface area contributed by atoms with E-state index in [1.165, 1.54) is 27.9 Å². The van der Waals surface area contributed by atoms with Crippen molar-refractivity contribution in [1.82, 2.24) is 0 Å². The second-order valence-electron chi connectivity index (χ2n) is 12.4. The zero-order valence-corrected chi connectivity index (χ0v) is 27.3. The summed E-state index contributed by atoms with van der Waals surface area (Å²) in [6.45, 7) is 18.3. The van der Waals surface area contributed by atoms with Gasteiger partial charge in [0.25, 0.3) is 0 Å². The number of rotatable bonds is 8. The summed E-state index contributed by atoms with van der Waals surface area (Å²) in [5.74, 6) is 0.179. The molecule has 0 amide bonds. The number of aromatic nitrogens is 2. The smallest absolute Gasteiger partial charge is 0.201 e. The van der Waals surface area contributed by atoms with Gasteiger partial charge < -0.3 is 0 Å². The molecule has 0 saturated heterocycles. The fraction of sp³-hybridized carbons (Fsp3) is 0.436. The van der Waals surface area contributed by atoms with E-state index in [2.05, 4.69) is 75.8 Å². The first kappa shape index (κ1) is 26.6. The molecule has 0 aliphatic heterocycles. The maximum Gasteiger partial charge on any atom is 0.212 e. The topological polar surface area (TPSA) is 7.76 Å². The van der Waals surface area contributed by atoms with E-state index in [1.54, 1.807) is 6.20 Å². The summed E-state index contributed by atoms with van der Waals surface area (Å²) in [5.41, 5.74) is 10.7. The monoisotopic (exact) mass is 554 g/mol. The molecule has 0 aliphatic rings. The molecule has 2 aromatic carbocycles. The molecular formula is C39H54N2+2. The third kappa shape index (κ3) is 8.86. The zero-order valence-electron chi connectivity index (χ0n) is 31.3. The van der Waals surface area contributed by atoms with E-state index in [9.17, 15) is 0 Å². The van der Waals surface area contributed by atoms with Gasteiger partial charge in [0.15, 0.2) is 12.4 Å². The predicted octanol–water partition coefficient (Wildman–Crippen LogP) is 8.88. The van der Waals surface area contributed by atoms with E-state index in [0.29, 0.717) is 17.0 Å². The number of pyridine rings is 2. The van der Waals surface area contributed by atoms with Crippen molar-refractivity contribution in [3.05, 3.63) is 106 Å². The fourth-order valence-electron chi connectivity index (χ4n) is 5.22. The first-order valence-corrected chi connectivity index (χ1v) is 15.0. The molecular weight excluding hydrogens is 496 g/mol. The van der Waals surface area contributed by atoms with E-state index < -0.39 is 12.7 Å². The van der Waals surface area contributed by atoms with Crippen molar-refractivity contribution in [3.63, 3.8) is 0 Å². The quantitative estimate of drug-likeness (QED) is 0.192. The van der Waals surface area contributed by atoms with Crippen LogP contribution in [0.4, 0.5) is 0 Å². The minimum atomic E-state index is -1.62. The summed E-state index contributed by atoms with van der Waals surface area (Å²) >= 11 is 0. The molecule has 0 aliphatic carbocycles. The summed E-state index contributed by atoms with van der Waals surface area (Å²) in [4.78, 5) is 0. The summed E-state index contributed by atoms with van der Waals surface area (Å²) in [5, 5.41) is 0. The first-order chi connectivity index (χ1) is 20.9. The Morgan fingerprint density at radius 2 is 1.00 bits per heavy atom. The Hall–Kier alpha value is -3.26. The third-order valence-corrected chi connectivity index (χ3v) is 7.22. The predicted molar refractivity (Wildman–Crippen MR) is 176 cm³/mol. The summed E-state index contributed by atoms with van der Waals surface area (Å²) in [7, 11) is 4.04. The Bertz CT molecular complexity index is 1620. The molecule has 4 aromatic rings. The van der Waals surface area contributed by atoms with E-state index in [4.69, 9.17) is 5.48 Å². The van der Waals surface area contributed by atoms with Crippen molar-refractivity contribution in [1.29, 1.82) is 0 Å². The molecule has 41 heavy (non-hydrogen) atoms. The lowest BCUT2D eigenvalue weighted by atomic mass is 9.92. The molecule has 0 spiro atoms. The molecule has 0 N–H and O–H groups in total. The molecule has 218 valence electrons. The van der Waals surface area contributed by atoms with Gasteiger partial charge in [0.2, 0.25) is 11.4 Å². The highest BCUT2D eigenvalue weighted by Crippen LogP contribution is 2.25. The number of hydrogen-bond donors (Lipinski definition) is 0. The Balaban J connectivity index is 0.000000257.